The number of benzene rings is 1. The number of aromatic nitrogens is 4. The van der Waals surface area contributed by atoms with Crippen molar-refractivity contribution in [3.8, 4) is 5.69 Å². The summed E-state index contributed by atoms with van der Waals surface area (Å²) in [5, 5.41) is 5.16. The van der Waals surface area contributed by atoms with Gasteiger partial charge in [0.2, 0.25) is 5.91 Å². The monoisotopic (exact) mass is 508 g/mol. The molecule has 0 spiro atoms. The number of carbonyl (C=O) groups is 2. The molecule has 1 aromatic carbocycles. The predicted octanol–water partition coefficient (Wildman–Crippen LogP) is 2.34. The van der Waals surface area contributed by atoms with Crippen LogP contribution in [0.5, 0.6) is 0 Å². The van der Waals surface area contributed by atoms with Crippen LogP contribution in [0.1, 0.15) is 23.0 Å². The first kappa shape index (κ1) is 22.5. The largest absolute Gasteiger partial charge is 0.459 e. The molecule has 5 heterocycles. The molecule has 0 aliphatic carbocycles. The minimum Gasteiger partial charge on any atom is -0.459 e. The second-order valence-corrected chi connectivity index (χ2v) is 9.65. The van der Waals surface area contributed by atoms with Gasteiger partial charge in [-0.1, -0.05) is 11.8 Å². The van der Waals surface area contributed by atoms with Gasteiger partial charge < -0.3 is 14.2 Å². The van der Waals surface area contributed by atoms with E-state index in [1.54, 1.807) is 38.6 Å². The SMILES string of the molecule is O=C(CC1CSc2nc3c(cnn3-c3ccc(F)cc3)c(=O)n21)N1CCN(C(=O)c2ccco2)CC1. The summed E-state index contributed by atoms with van der Waals surface area (Å²) in [6, 6.07) is 8.77. The highest BCUT2D eigenvalue weighted by Gasteiger charge is 2.32. The number of thioether (sulfide) groups is 1. The number of nitrogens with zero attached hydrogens (tertiary/aromatic N) is 6. The lowest BCUT2D eigenvalue weighted by Crippen LogP contribution is -2.51. The molecular formula is C24H21FN6O4S. The predicted molar refractivity (Wildman–Crippen MR) is 129 cm³/mol. The van der Waals surface area contributed by atoms with Gasteiger partial charge in [0.15, 0.2) is 16.6 Å². The van der Waals surface area contributed by atoms with Crippen molar-refractivity contribution >= 4 is 34.6 Å². The summed E-state index contributed by atoms with van der Waals surface area (Å²) in [5.74, 6) is 0.234. The lowest BCUT2D eigenvalue weighted by atomic mass is 10.2. The molecule has 2 aliphatic heterocycles. The number of hydrogen-bond acceptors (Lipinski definition) is 7. The van der Waals surface area contributed by atoms with Crippen LogP contribution in [-0.2, 0) is 4.79 Å². The standard InChI is InChI=1S/C24H21FN6O4S/c25-15-3-5-16(6-4-15)31-21-18(13-26-31)22(33)30-17(14-36-24(30)27-21)12-20(32)28-7-9-29(10-8-28)23(34)19-2-1-11-35-19/h1-6,11,13,17H,7-10,12,14H2. The molecule has 36 heavy (non-hydrogen) atoms. The van der Waals surface area contributed by atoms with Crippen LogP contribution in [0.4, 0.5) is 4.39 Å². The number of amides is 2. The van der Waals surface area contributed by atoms with E-state index in [1.807, 2.05) is 0 Å². The zero-order chi connectivity index (χ0) is 24.8. The van der Waals surface area contributed by atoms with E-state index in [0.29, 0.717) is 53.8 Å². The van der Waals surface area contributed by atoms with Crippen molar-refractivity contribution < 1.29 is 18.4 Å². The molecule has 1 atom stereocenters. The Bertz CT molecular complexity index is 1510. The molecule has 0 saturated carbocycles. The fourth-order valence-corrected chi connectivity index (χ4v) is 5.73. The van der Waals surface area contributed by atoms with Crippen LogP contribution >= 0.6 is 11.8 Å². The quantitative estimate of drug-likeness (QED) is 0.390. The fourth-order valence-electron chi connectivity index (χ4n) is 4.60. The van der Waals surface area contributed by atoms with Crippen LogP contribution in [0.2, 0.25) is 0 Å². The Balaban J connectivity index is 1.17. The van der Waals surface area contributed by atoms with Gasteiger partial charge >= 0.3 is 0 Å². The zero-order valence-electron chi connectivity index (χ0n) is 19.0. The van der Waals surface area contributed by atoms with E-state index in [2.05, 4.69) is 10.1 Å². The van der Waals surface area contributed by atoms with Gasteiger partial charge in [0.25, 0.3) is 11.5 Å². The normalized spacial score (nSPS) is 17.5. The van der Waals surface area contributed by atoms with Crippen LogP contribution in [0, 0.1) is 5.82 Å². The Hall–Kier alpha value is -3.93. The molecule has 1 unspecified atom stereocenters. The van der Waals surface area contributed by atoms with Crippen molar-refractivity contribution in [2.45, 2.75) is 17.6 Å². The van der Waals surface area contributed by atoms with E-state index in [1.165, 1.54) is 41.0 Å². The number of fused-ring (bicyclic) bond motifs is 2. The van der Waals surface area contributed by atoms with E-state index in [9.17, 15) is 18.8 Å². The molecule has 6 rings (SSSR count). The maximum atomic E-state index is 13.3. The summed E-state index contributed by atoms with van der Waals surface area (Å²) in [4.78, 5) is 46.9. The van der Waals surface area contributed by atoms with Gasteiger partial charge in [0.05, 0.1) is 24.2 Å². The fraction of sp³-hybridized carbons (Fsp3) is 0.292. The summed E-state index contributed by atoms with van der Waals surface area (Å²) < 4.78 is 21.6. The van der Waals surface area contributed by atoms with E-state index in [-0.39, 0.29) is 41.4 Å². The summed E-state index contributed by atoms with van der Waals surface area (Å²) >= 11 is 1.42. The minimum atomic E-state index is -0.363. The Kier molecular flexibility index (Phi) is 5.59. The lowest BCUT2D eigenvalue weighted by molar-refractivity contribution is -0.133. The van der Waals surface area contributed by atoms with Crippen molar-refractivity contribution in [2.24, 2.45) is 0 Å². The maximum Gasteiger partial charge on any atom is 0.289 e. The molecule has 0 bridgehead atoms. The van der Waals surface area contributed by atoms with Crippen molar-refractivity contribution in [3.05, 3.63) is 70.8 Å². The van der Waals surface area contributed by atoms with Gasteiger partial charge in [0, 0.05) is 38.4 Å². The minimum absolute atomic E-state index is 0.0625. The van der Waals surface area contributed by atoms with Gasteiger partial charge in [-0.2, -0.15) is 5.10 Å². The molecular weight excluding hydrogens is 487 g/mol. The molecule has 4 aromatic rings. The lowest BCUT2D eigenvalue weighted by Gasteiger charge is -2.34. The molecule has 0 N–H and O–H groups in total. The van der Waals surface area contributed by atoms with Crippen LogP contribution in [0.15, 0.2) is 63.2 Å². The first-order chi connectivity index (χ1) is 17.5. The van der Waals surface area contributed by atoms with Crippen molar-refractivity contribution in [3.63, 3.8) is 0 Å². The van der Waals surface area contributed by atoms with Gasteiger partial charge in [-0.15, -0.1) is 0 Å². The topological polar surface area (TPSA) is 106 Å². The van der Waals surface area contributed by atoms with Crippen LogP contribution in [0.25, 0.3) is 16.7 Å². The first-order valence-corrected chi connectivity index (χ1v) is 12.5. The van der Waals surface area contributed by atoms with Gasteiger partial charge in [0.1, 0.15) is 11.2 Å². The smallest absolute Gasteiger partial charge is 0.289 e. The number of furan rings is 1. The average Bonchev–Trinajstić information content (AvgIpc) is 3.65. The van der Waals surface area contributed by atoms with Gasteiger partial charge in [-0.25, -0.2) is 14.1 Å². The second kappa shape index (κ2) is 8.94. The summed E-state index contributed by atoms with van der Waals surface area (Å²) in [6.45, 7) is 1.70. The number of hydrogen-bond donors (Lipinski definition) is 0. The Morgan fingerprint density at radius 3 is 2.56 bits per heavy atom. The molecule has 3 aromatic heterocycles. The maximum absolute atomic E-state index is 13.3. The van der Waals surface area contributed by atoms with Gasteiger partial charge in [-0.05, 0) is 36.4 Å². The summed E-state index contributed by atoms with van der Waals surface area (Å²) in [6.07, 6.45) is 3.09. The number of carbonyl (C=O) groups excluding carboxylic acids is 2. The van der Waals surface area contributed by atoms with Crippen molar-refractivity contribution in [1.29, 1.82) is 0 Å². The molecule has 184 valence electrons. The average molecular weight is 509 g/mol. The highest BCUT2D eigenvalue weighted by molar-refractivity contribution is 7.99. The molecule has 1 fully saturated rings. The summed E-state index contributed by atoms with van der Waals surface area (Å²) in [5.41, 5.74) is 0.748. The molecule has 10 nitrogen and oxygen atoms in total. The number of rotatable bonds is 4. The van der Waals surface area contributed by atoms with E-state index in [4.69, 9.17) is 4.42 Å². The van der Waals surface area contributed by atoms with Crippen molar-refractivity contribution in [1.82, 2.24) is 29.1 Å². The second-order valence-electron chi connectivity index (χ2n) is 8.66. The Morgan fingerprint density at radius 1 is 1.08 bits per heavy atom. The zero-order valence-corrected chi connectivity index (χ0v) is 19.9. The highest BCUT2D eigenvalue weighted by Crippen LogP contribution is 2.34. The third-order valence-corrected chi connectivity index (χ3v) is 7.60. The molecule has 1 saturated heterocycles. The number of piperazine rings is 1. The summed E-state index contributed by atoms with van der Waals surface area (Å²) in [7, 11) is 0. The van der Waals surface area contributed by atoms with E-state index in [0.717, 1.165) is 0 Å². The number of halogens is 1. The first-order valence-electron chi connectivity index (χ1n) is 11.5. The molecule has 2 amide bonds. The van der Waals surface area contributed by atoms with E-state index >= 15 is 0 Å². The van der Waals surface area contributed by atoms with Crippen LogP contribution in [0.3, 0.4) is 0 Å². The van der Waals surface area contributed by atoms with Crippen LogP contribution < -0.4 is 5.56 Å². The van der Waals surface area contributed by atoms with Crippen LogP contribution in [-0.4, -0.2) is 72.9 Å². The third-order valence-electron chi connectivity index (χ3n) is 6.50. The highest BCUT2D eigenvalue weighted by atomic mass is 32.2. The van der Waals surface area contributed by atoms with Crippen molar-refractivity contribution in [2.75, 3.05) is 31.9 Å². The molecule has 12 heteroatoms. The Labute approximate surface area is 208 Å². The van der Waals surface area contributed by atoms with Gasteiger partial charge in [-0.3, -0.25) is 19.0 Å². The molecule has 2 aliphatic rings. The third kappa shape index (κ3) is 3.87. The van der Waals surface area contributed by atoms with E-state index < -0.39 is 0 Å². The Morgan fingerprint density at radius 2 is 1.83 bits per heavy atom. The molecule has 0 radical (unpaired) electrons.